The van der Waals surface area contributed by atoms with Crippen LogP contribution in [0.4, 0.5) is 0 Å². The van der Waals surface area contributed by atoms with Gasteiger partial charge in [-0.1, -0.05) is 340 Å². The molecule has 0 spiro atoms. The van der Waals surface area contributed by atoms with Crippen molar-refractivity contribution in [3.8, 4) is 0 Å². The van der Waals surface area contributed by atoms with Crippen LogP contribution in [0.25, 0.3) is 0 Å². The zero-order chi connectivity index (χ0) is 74.6. The van der Waals surface area contributed by atoms with Gasteiger partial charge in [0.05, 0.1) is 26.4 Å². The average Bonchev–Trinajstić information content (AvgIpc) is 2.02. The van der Waals surface area contributed by atoms with Crippen LogP contribution in [0.3, 0.4) is 0 Å². The number of hydrogen-bond donors (Lipinski definition) is 3. The zero-order valence-electron chi connectivity index (χ0n) is 65.8. The largest absolute Gasteiger partial charge is 0.472 e. The van der Waals surface area contributed by atoms with Crippen molar-refractivity contribution in [1.82, 2.24) is 0 Å². The molecule has 102 heavy (non-hydrogen) atoms. The molecule has 600 valence electrons. The highest BCUT2D eigenvalue weighted by Crippen LogP contribution is 2.45. The summed E-state index contributed by atoms with van der Waals surface area (Å²) in [6.45, 7) is 4.94. The third kappa shape index (κ3) is 75.5. The highest BCUT2D eigenvalue weighted by molar-refractivity contribution is 7.47. The van der Waals surface area contributed by atoms with Gasteiger partial charge in [-0.25, -0.2) is 9.13 Å². The standard InChI is InChI=1S/C83H156O17P2/c1-5-9-13-17-21-25-29-33-37-38-42-44-48-52-56-60-64-68-81(86)94-74-79(100-83(88)70-66-62-58-54-50-46-41-36-32-28-24-20-16-12-8-4)76-98-102(91,92)96-72-77(84)71-95-101(89,90)97-75-78(99-82(87)69-65-61-57-53-49-45-40-35-31-27-23-19-15-11-7-3)73-93-80(85)67-63-59-55-51-47-43-39-34-30-26-22-18-14-10-6-2/h23,27,34-35,39-40,77-79,84H,5-22,24-26,28-33,36-38,41-76H2,1-4H3,(H,89,90)(H,91,92)/b27-23-,39-34-,40-35-/t77-,78+,79+/m0/s1. The Balaban J connectivity index is 5.31. The first-order valence-corrected chi connectivity index (χ1v) is 45.2. The lowest BCUT2D eigenvalue weighted by Crippen LogP contribution is -2.30. The monoisotopic (exact) mass is 1490 g/mol. The quantitative estimate of drug-likeness (QED) is 0.0169. The van der Waals surface area contributed by atoms with Crippen LogP contribution in [0, 0.1) is 0 Å². The van der Waals surface area contributed by atoms with Crippen molar-refractivity contribution >= 4 is 39.5 Å². The average molecular weight is 1490 g/mol. The van der Waals surface area contributed by atoms with Crippen LogP contribution in [0.15, 0.2) is 36.5 Å². The second kappa shape index (κ2) is 76.5. The molecule has 19 heteroatoms. The van der Waals surface area contributed by atoms with E-state index in [1.165, 1.54) is 205 Å². The second-order valence-corrected chi connectivity index (χ2v) is 31.7. The van der Waals surface area contributed by atoms with E-state index in [0.29, 0.717) is 25.7 Å². The molecule has 0 radical (unpaired) electrons. The minimum Gasteiger partial charge on any atom is -0.462 e. The molecule has 0 bridgehead atoms. The number of aliphatic hydroxyl groups excluding tert-OH is 1. The van der Waals surface area contributed by atoms with Crippen molar-refractivity contribution in [2.24, 2.45) is 0 Å². The molecule has 0 aliphatic rings. The third-order valence-corrected chi connectivity index (χ3v) is 20.5. The predicted molar refractivity (Wildman–Crippen MR) is 418 cm³/mol. The van der Waals surface area contributed by atoms with Gasteiger partial charge in [0, 0.05) is 25.7 Å². The van der Waals surface area contributed by atoms with E-state index in [0.717, 1.165) is 128 Å². The van der Waals surface area contributed by atoms with E-state index in [2.05, 4.69) is 64.2 Å². The topological polar surface area (TPSA) is 237 Å². The van der Waals surface area contributed by atoms with E-state index < -0.39 is 97.5 Å². The lowest BCUT2D eigenvalue weighted by Gasteiger charge is -2.21. The summed E-state index contributed by atoms with van der Waals surface area (Å²) >= 11 is 0. The van der Waals surface area contributed by atoms with Gasteiger partial charge in [0.15, 0.2) is 12.2 Å². The molecule has 0 fully saturated rings. The van der Waals surface area contributed by atoms with Crippen molar-refractivity contribution in [2.45, 2.75) is 431 Å². The molecule has 17 nitrogen and oxygen atoms in total. The minimum atomic E-state index is -4.97. The highest BCUT2D eigenvalue weighted by Gasteiger charge is 2.30. The first kappa shape index (κ1) is 99.3. The van der Waals surface area contributed by atoms with Crippen LogP contribution in [-0.2, 0) is 65.4 Å². The summed E-state index contributed by atoms with van der Waals surface area (Å²) in [5.74, 6) is -2.15. The van der Waals surface area contributed by atoms with Crippen LogP contribution in [0.5, 0.6) is 0 Å². The number of carbonyl (C=O) groups excluding carboxylic acids is 4. The molecule has 0 saturated carbocycles. The number of phosphoric ester groups is 2. The molecule has 0 aliphatic heterocycles. The van der Waals surface area contributed by atoms with E-state index in [1.54, 1.807) is 0 Å². The molecule has 0 saturated heterocycles. The number of ether oxygens (including phenoxy) is 4. The maximum Gasteiger partial charge on any atom is 0.472 e. The van der Waals surface area contributed by atoms with Gasteiger partial charge in [0.2, 0.25) is 0 Å². The molecular formula is C83H156O17P2. The number of aliphatic hydroxyl groups is 1. The number of carbonyl (C=O) groups is 4. The van der Waals surface area contributed by atoms with Crippen LogP contribution in [0.2, 0.25) is 0 Å². The third-order valence-electron chi connectivity index (χ3n) is 18.6. The van der Waals surface area contributed by atoms with Crippen LogP contribution in [-0.4, -0.2) is 96.7 Å². The van der Waals surface area contributed by atoms with Gasteiger partial charge >= 0.3 is 39.5 Å². The number of rotatable bonds is 81. The van der Waals surface area contributed by atoms with Gasteiger partial charge in [-0.05, 0) is 83.5 Å². The molecule has 0 amide bonds. The Morgan fingerprint density at radius 3 is 0.755 bits per heavy atom. The van der Waals surface area contributed by atoms with Gasteiger partial charge in [-0.15, -0.1) is 0 Å². The summed E-state index contributed by atoms with van der Waals surface area (Å²) < 4.78 is 68.8. The molecule has 0 aromatic carbocycles. The number of phosphoric acid groups is 2. The summed E-state index contributed by atoms with van der Waals surface area (Å²) in [6, 6.07) is 0. The first-order chi connectivity index (χ1) is 49.7. The number of allylic oxidation sites excluding steroid dienone is 6. The van der Waals surface area contributed by atoms with Crippen molar-refractivity contribution < 1.29 is 80.2 Å². The molecular weight excluding hydrogens is 1330 g/mol. The van der Waals surface area contributed by atoms with Crippen molar-refractivity contribution in [2.75, 3.05) is 39.6 Å². The van der Waals surface area contributed by atoms with Crippen molar-refractivity contribution in [3.63, 3.8) is 0 Å². The lowest BCUT2D eigenvalue weighted by atomic mass is 10.0. The maximum absolute atomic E-state index is 13.1. The lowest BCUT2D eigenvalue weighted by molar-refractivity contribution is -0.161. The Hall–Kier alpha value is -2.72. The van der Waals surface area contributed by atoms with Gasteiger partial charge in [0.1, 0.15) is 19.3 Å². The van der Waals surface area contributed by atoms with Gasteiger partial charge in [-0.2, -0.15) is 0 Å². The molecule has 3 N–H and O–H groups in total. The SMILES string of the molecule is CCCCC/C=C\C/C=C\CCCCCCCC(=O)O[C@H](COC(=O)CCCCCCC/C=C\CCCCCCCC)COP(=O)(O)OC[C@H](O)COP(=O)(O)OC[C@@H](COC(=O)CCCCCCCCCCCCCCCCCCC)OC(=O)CCCCCCCCCCCCCCCCC. The number of esters is 4. The fourth-order valence-electron chi connectivity index (χ4n) is 12.1. The second-order valence-electron chi connectivity index (χ2n) is 28.8. The Morgan fingerprint density at radius 1 is 0.275 bits per heavy atom. The van der Waals surface area contributed by atoms with E-state index >= 15 is 0 Å². The summed E-state index contributed by atoms with van der Waals surface area (Å²) in [7, 11) is -9.94. The fraction of sp³-hybridized carbons (Fsp3) is 0.880. The van der Waals surface area contributed by atoms with Crippen LogP contribution < -0.4 is 0 Å². The number of unbranched alkanes of at least 4 members (excludes halogenated alkanes) is 49. The summed E-state index contributed by atoms with van der Waals surface area (Å²) in [6.07, 6.45) is 73.9. The highest BCUT2D eigenvalue weighted by atomic mass is 31.2. The molecule has 0 aliphatic carbocycles. The van der Waals surface area contributed by atoms with Gasteiger partial charge < -0.3 is 33.8 Å². The Bertz CT molecular complexity index is 2070. The zero-order valence-corrected chi connectivity index (χ0v) is 67.6. The number of hydrogen-bond acceptors (Lipinski definition) is 15. The van der Waals surface area contributed by atoms with Gasteiger partial charge in [0.25, 0.3) is 0 Å². The molecule has 0 heterocycles. The Morgan fingerprint density at radius 2 is 0.480 bits per heavy atom. The summed E-state index contributed by atoms with van der Waals surface area (Å²) in [4.78, 5) is 73.1. The van der Waals surface area contributed by atoms with Crippen LogP contribution >= 0.6 is 15.6 Å². The van der Waals surface area contributed by atoms with E-state index in [4.69, 9.17) is 37.0 Å². The van der Waals surface area contributed by atoms with Crippen molar-refractivity contribution in [1.29, 1.82) is 0 Å². The van der Waals surface area contributed by atoms with E-state index in [1.807, 2.05) is 0 Å². The Labute approximate surface area is 624 Å². The summed E-state index contributed by atoms with van der Waals surface area (Å²) in [5.41, 5.74) is 0. The van der Waals surface area contributed by atoms with E-state index in [-0.39, 0.29) is 25.7 Å². The van der Waals surface area contributed by atoms with Gasteiger partial charge in [-0.3, -0.25) is 37.3 Å². The fourth-order valence-corrected chi connectivity index (χ4v) is 13.7. The maximum atomic E-state index is 13.1. The molecule has 2 unspecified atom stereocenters. The normalized spacial score (nSPS) is 14.0. The molecule has 0 rings (SSSR count). The van der Waals surface area contributed by atoms with E-state index in [9.17, 15) is 43.2 Å². The first-order valence-electron chi connectivity index (χ1n) is 42.2. The Kier molecular flexibility index (Phi) is 74.4. The van der Waals surface area contributed by atoms with Crippen LogP contribution in [0.1, 0.15) is 413 Å². The summed E-state index contributed by atoms with van der Waals surface area (Å²) in [5, 5.41) is 10.7. The molecule has 0 aromatic rings. The predicted octanol–water partition coefficient (Wildman–Crippen LogP) is 24.7. The molecule has 5 atom stereocenters. The smallest absolute Gasteiger partial charge is 0.462 e. The minimum absolute atomic E-state index is 0.0836. The van der Waals surface area contributed by atoms with Crippen molar-refractivity contribution in [3.05, 3.63) is 36.5 Å². The molecule has 0 aromatic heterocycles.